The van der Waals surface area contributed by atoms with E-state index in [0.29, 0.717) is 23.2 Å². The molecular formula is C28H26ClF2NO6S. The molecule has 1 heterocycles. The van der Waals surface area contributed by atoms with E-state index >= 15 is 0 Å². The lowest BCUT2D eigenvalue weighted by Gasteiger charge is -2.48. The van der Waals surface area contributed by atoms with E-state index in [2.05, 4.69) is 0 Å². The van der Waals surface area contributed by atoms with Crippen LogP contribution in [0.5, 0.6) is 0 Å². The van der Waals surface area contributed by atoms with Crippen molar-refractivity contribution in [3.8, 4) is 11.1 Å². The summed E-state index contributed by atoms with van der Waals surface area (Å²) >= 11 is 6.04. The van der Waals surface area contributed by atoms with Crippen LogP contribution in [0.4, 0.5) is 8.78 Å². The van der Waals surface area contributed by atoms with Gasteiger partial charge in [-0.25, -0.2) is 22.0 Å². The van der Waals surface area contributed by atoms with Crippen LogP contribution in [-0.2, 0) is 36.4 Å². The molecule has 3 aromatic rings. The summed E-state index contributed by atoms with van der Waals surface area (Å²) in [6, 6.07) is 14.8. The molecule has 11 heteroatoms. The fourth-order valence-electron chi connectivity index (χ4n) is 4.87. The van der Waals surface area contributed by atoms with Crippen molar-refractivity contribution in [1.29, 1.82) is 0 Å². The van der Waals surface area contributed by atoms with Crippen LogP contribution in [-0.4, -0.2) is 56.8 Å². The van der Waals surface area contributed by atoms with Crippen molar-refractivity contribution in [2.24, 2.45) is 0 Å². The third kappa shape index (κ3) is 7.20. The zero-order valence-electron chi connectivity index (χ0n) is 21.2. The molecule has 0 spiro atoms. The predicted octanol–water partition coefficient (Wildman–Crippen LogP) is 4.80. The molecule has 3 aromatic carbocycles. The van der Waals surface area contributed by atoms with Crippen molar-refractivity contribution in [2.75, 3.05) is 26.0 Å². The Hall–Kier alpha value is -3.34. The number of methoxy groups -OCH3 is 1. The zero-order valence-corrected chi connectivity index (χ0v) is 22.8. The molecule has 0 aliphatic carbocycles. The molecule has 7 nitrogen and oxygen atoms in total. The van der Waals surface area contributed by atoms with Gasteiger partial charge in [0.25, 0.3) is 0 Å². The first kappa shape index (κ1) is 28.7. The second-order valence-corrected chi connectivity index (χ2v) is 12.1. The maximum absolute atomic E-state index is 13.6. The molecule has 0 N–H and O–H groups in total. The third-order valence-electron chi connectivity index (χ3n) is 6.26. The molecule has 1 saturated heterocycles. The van der Waals surface area contributed by atoms with Crippen LogP contribution >= 0.6 is 11.6 Å². The Kier molecular flexibility index (Phi) is 8.39. The van der Waals surface area contributed by atoms with Crippen molar-refractivity contribution in [1.82, 2.24) is 4.90 Å². The zero-order chi connectivity index (χ0) is 28.4. The van der Waals surface area contributed by atoms with Gasteiger partial charge in [-0.1, -0.05) is 29.8 Å². The van der Waals surface area contributed by atoms with E-state index in [4.69, 9.17) is 21.1 Å². The first-order valence-corrected chi connectivity index (χ1v) is 14.1. The van der Waals surface area contributed by atoms with E-state index in [1.165, 1.54) is 14.0 Å². The molecule has 0 amide bonds. The highest BCUT2D eigenvalue weighted by atomic mass is 35.5. The van der Waals surface area contributed by atoms with Crippen LogP contribution in [0, 0.1) is 11.6 Å². The van der Waals surface area contributed by atoms with Gasteiger partial charge in [0.2, 0.25) is 0 Å². The number of hydrogen-bond donors (Lipinski definition) is 0. The van der Waals surface area contributed by atoms with E-state index in [0.717, 1.165) is 28.8 Å². The highest BCUT2D eigenvalue weighted by Gasteiger charge is 2.49. The Morgan fingerprint density at radius 1 is 1.00 bits per heavy atom. The Morgan fingerprint density at radius 2 is 1.64 bits per heavy atom. The number of likely N-dealkylation sites (tertiary alicyclic amines) is 1. The molecule has 206 valence electrons. The minimum atomic E-state index is -3.90. The smallest absolute Gasteiger partial charge is 0.337 e. The fraction of sp³-hybridized carbons (Fsp3) is 0.286. The summed E-state index contributed by atoms with van der Waals surface area (Å²) in [5, 5.41) is 0.556. The number of carbonyl (C=O) groups is 2. The Morgan fingerprint density at radius 3 is 2.23 bits per heavy atom. The standard InChI is InChI=1S/C28H26ClF2NO6S/c1-18(33)38-28(17-39(35,36)14-19-9-24(30)12-25(31)10-19)15-32(16-28)13-22-4-3-21(27(34)37-2)11-26(22)20-5-7-23(29)8-6-20/h3-12H,13-17H2,1-2H3. The minimum absolute atomic E-state index is 0.0278. The SMILES string of the molecule is COC(=O)c1ccc(CN2CC(CS(=O)(=O)Cc3cc(F)cc(F)c3)(OC(C)=O)C2)c(-c2ccc(Cl)cc2)c1. The summed E-state index contributed by atoms with van der Waals surface area (Å²) in [5.41, 5.74) is 1.46. The second kappa shape index (κ2) is 11.4. The fourth-order valence-corrected chi connectivity index (χ4v) is 6.81. The van der Waals surface area contributed by atoms with Crippen LogP contribution in [0.3, 0.4) is 0 Å². The largest absolute Gasteiger partial charge is 0.465 e. The molecule has 0 saturated carbocycles. The topological polar surface area (TPSA) is 90.0 Å². The highest BCUT2D eigenvalue weighted by Crippen LogP contribution is 2.33. The monoisotopic (exact) mass is 577 g/mol. The molecule has 4 rings (SSSR count). The van der Waals surface area contributed by atoms with Crippen molar-refractivity contribution in [3.05, 3.63) is 94.0 Å². The molecule has 0 bridgehead atoms. The molecule has 1 aliphatic heterocycles. The molecule has 0 radical (unpaired) electrons. The van der Waals surface area contributed by atoms with Crippen LogP contribution in [0.15, 0.2) is 60.7 Å². The second-order valence-electron chi connectivity index (χ2n) is 9.60. The third-order valence-corrected chi connectivity index (χ3v) is 8.25. The number of sulfone groups is 1. The quantitative estimate of drug-likeness (QED) is 0.337. The number of ether oxygens (including phenoxy) is 2. The summed E-state index contributed by atoms with van der Waals surface area (Å²) in [4.78, 5) is 25.9. The highest BCUT2D eigenvalue weighted by molar-refractivity contribution is 7.90. The molecular weight excluding hydrogens is 552 g/mol. The first-order chi connectivity index (χ1) is 18.4. The van der Waals surface area contributed by atoms with Crippen molar-refractivity contribution < 1.29 is 36.3 Å². The van der Waals surface area contributed by atoms with Crippen molar-refractivity contribution in [3.63, 3.8) is 0 Å². The van der Waals surface area contributed by atoms with Gasteiger partial charge in [-0.2, -0.15) is 0 Å². The number of benzene rings is 3. The number of carbonyl (C=O) groups excluding carboxylic acids is 2. The van der Waals surface area contributed by atoms with E-state index in [1.54, 1.807) is 30.3 Å². The van der Waals surface area contributed by atoms with Crippen LogP contribution in [0.1, 0.15) is 28.4 Å². The number of rotatable bonds is 9. The molecule has 0 atom stereocenters. The molecule has 0 aromatic heterocycles. The molecule has 0 unspecified atom stereocenters. The normalized spacial score (nSPS) is 14.9. The van der Waals surface area contributed by atoms with E-state index in [-0.39, 0.29) is 18.7 Å². The minimum Gasteiger partial charge on any atom is -0.465 e. The Labute approximate surface area is 230 Å². The van der Waals surface area contributed by atoms with Crippen LogP contribution in [0.25, 0.3) is 11.1 Å². The lowest BCUT2D eigenvalue weighted by molar-refractivity contribution is -0.173. The Balaban J connectivity index is 1.54. The molecule has 1 fully saturated rings. The number of esters is 2. The first-order valence-electron chi connectivity index (χ1n) is 11.9. The Bertz CT molecular complexity index is 1480. The number of hydrogen-bond acceptors (Lipinski definition) is 7. The summed E-state index contributed by atoms with van der Waals surface area (Å²) < 4.78 is 63.4. The van der Waals surface area contributed by atoms with Gasteiger partial charge in [-0.3, -0.25) is 9.69 Å². The van der Waals surface area contributed by atoms with Gasteiger partial charge < -0.3 is 9.47 Å². The maximum atomic E-state index is 13.6. The average Bonchev–Trinajstić information content (AvgIpc) is 2.81. The van der Waals surface area contributed by atoms with Crippen molar-refractivity contribution in [2.45, 2.75) is 24.8 Å². The van der Waals surface area contributed by atoms with Crippen molar-refractivity contribution >= 4 is 33.4 Å². The average molecular weight is 578 g/mol. The van der Waals surface area contributed by atoms with Gasteiger partial charge >= 0.3 is 11.9 Å². The van der Waals surface area contributed by atoms with Gasteiger partial charge in [-0.05, 0) is 58.7 Å². The van der Waals surface area contributed by atoms with Crippen LogP contribution < -0.4 is 0 Å². The van der Waals surface area contributed by atoms with Crippen LogP contribution in [0.2, 0.25) is 5.02 Å². The lowest BCUT2D eigenvalue weighted by atomic mass is 9.92. The van der Waals surface area contributed by atoms with Gasteiger partial charge in [0, 0.05) is 37.6 Å². The predicted molar refractivity (Wildman–Crippen MR) is 142 cm³/mol. The summed E-state index contributed by atoms with van der Waals surface area (Å²) in [7, 11) is -2.61. The maximum Gasteiger partial charge on any atom is 0.337 e. The molecule has 1 aliphatic rings. The number of nitrogens with zero attached hydrogens (tertiary/aromatic N) is 1. The summed E-state index contributed by atoms with van der Waals surface area (Å²) in [5.74, 6) is -3.97. The van der Waals surface area contributed by atoms with E-state index in [1.807, 2.05) is 17.0 Å². The van der Waals surface area contributed by atoms with E-state index in [9.17, 15) is 26.8 Å². The summed E-state index contributed by atoms with van der Waals surface area (Å²) in [6.45, 7) is 1.82. The van der Waals surface area contributed by atoms with Gasteiger partial charge in [0.1, 0.15) is 11.6 Å². The van der Waals surface area contributed by atoms with Gasteiger partial charge in [-0.15, -0.1) is 0 Å². The molecule has 39 heavy (non-hydrogen) atoms. The lowest BCUT2D eigenvalue weighted by Crippen LogP contribution is -2.66. The van der Waals surface area contributed by atoms with Gasteiger partial charge in [0.05, 0.1) is 24.2 Å². The van der Waals surface area contributed by atoms with Gasteiger partial charge in [0.15, 0.2) is 15.4 Å². The van der Waals surface area contributed by atoms with E-state index < -0.39 is 50.5 Å². The number of halogens is 3. The summed E-state index contributed by atoms with van der Waals surface area (Å²) in [6.07, 6.45) is 0.